The Morgan fingerprint density at radius 3 is 2.59 bits per heavy atom. The summed E-state index contributed by atoms with van der Waals surface area (Å²) < 4.78 is 25.4. The van der Waals surface area contributed by atoms with Crippen molar-refractivity contribution in [1.29, 1.82) is 0 Å². The Kier molecular flexibility index (Phi) is 3.20. The summed E-state index contributed by atoms with van der Waals surface area (Å²) in [5, 5.41) is 9.06. The number of carbonyl (C=O) groups is 1. The van der Waals surface area contributed by atoms with Gasteiger partial charge in [-0.05, 0) is 25.7 Å². The number of sulfonamides is 1. The molecule has 0 aromatic carbocycles. The van der Waals surface area contributed by atoms with Crippen LogP contribution in [0.2, 0.25) is 0 Å². The van der Waals surface area contributed by atoms with Crippen LogP contribution in [0, 0.1) is 11.3 Å². The minimum Gasteiger partial charge on any atom is -0.481 e. The molecule has 2 aliphatic rings. The highest BCUT2D eigenvalue weighted by Gasteiger charge is 2.44. The molecule has 98 valence electrons. The zero-order valence-electron chi connectivity index (χ0n) is 10.1. The van der Waals surface area contributed by atoms with Gasteiger partial charge in [0, 0.05) is 13.1 Å². The van der Waals surface area contributed by atoms with Crippen molar-refractivity contribution < 1.29 is 18.3 Å². The van der Waals surface area contributed by atoms with Crippen molar-refractivity contribution in [2.75, 3.05) is 18.8 Å². The zero-order valence-corrected chi connectivity index (χ0v) is 10.9. The molecule has 1 unspecified atom stereocenters. The smallest absolute Gasteiger partial charge is 0.310 e. The summed E-state index contributed by atoms with van der Waals surface area (Å²) in [5.41, 5.74) is -0.910. The van der Waals surface area contributed by atoms with Crippen molar-refractivity contribution >= 4 is 16.0 Å². The average Bonchev–Trinajstić information content (AvgIpc) is 2.98. The molecular formula is C11H19NO4S. The largest absolute Gasteiger partial charge is 0.481 e. The van der Waals surface area contributed by atoms with E-state index in [0.29, 0.717) is 18.9 Å². The van der Waals surface area contributed by atoms with Gasteiger partial charge in [0.05, 0.1) is 11.2 Å². The molecule has 0 amide bonds. The summed E-state index contributed by atoms with van der Waals surface area (Å²) in [5.74, 6) is -0.150. The molecule has 1 N–H and O–H groups in total. The molecule has 1 atom stereocenters. The fourth-order valence-electron chi connectivity index (χ4n) is 2.18. The van der Waals surface area contributed by atoms with Crippen molar-refractivity contribution in [3.63, 3.8) is 0 Å². The molecule has 0 aromatic rings. The predicted molar refractivity (Wildman–Crippen MR) is 63.1 cm³/mol. The van der Waals surface area contributed by atoms with Gasteiger partial charge in [-0.1, -0.05) is 12.8 Å². The maximum absolute atomic E-state index is 12.0. The molecule has 2 fully saturated rings. The number of rotatable bonds is 5. The fraction of sp³-hybridized carbons (Fsp3) is 0.909. The van der Waals surface area contributed by atoms with E-state index in [1.54, 1.807) is 6.92 Å². The topological polar surface area (TPSA) is 74.7 Å². The van der Waals surface area contributed by atoms with Crippen LogP contribution in [-0.2, 0) is 14.8 Å². The molecule has 17 heavy (non-hydrogen) atoms. The van der Waals surface area contributed by atoms with E-state index in [2.05, 4.69) is 0 Å². The molecule has 1 heterocycles. The number of hydrogen-bond donors (Lipinski definition) is 1. The third-order valence-electron chi connectivity index (χ3n) is 3.83. The maximum atomic E-state index is 12.0. The van der Waals surface area contributed by atoms with Gasteiger partial charge in [0.15, 0.2) is 0 Å². The summed E-state index contributed by atoms with van der Waals surface area (Å²) in [4.78, 5) is 11.1. The molecule has 0 aromatic heterocycles. The lowest BCUT2D eigenvalue weighted by Crippen LogP contribution is -2.36. The predicted octanol–water partition coefficient (Wildman–Crippen LogP) is 0.913. The van der Waals surface area contributed by atoms with E-state index in [4.69, 9.17) is 5.11 Å². The first-order chi connectivity index (χ1) is 7.83. The summed E-state index contributed by atoms with van der Waals surface area (Å²) in [6, 6.07) is 0. The molecule has 1 aliphatic carbocycles. The molecule has 0 radical (unpaired) electrons. The molecule has 2 rings (SSSR count). The van der Waals surface area contributed by atoms with E-state index in [-0.39, 0.29) is 12.3 Å². The Morgan fingerprint density at radius 2 is 2.12 bits per heavy atom. The van der Waals surface area contributed by atoms with Crippen LogP contribution in [0.25, 0.3) is 0 Å². The molecular weight excluding hydrogens is 242 g/mol. The molecule has 0 bridgehead atoms. The van der Waals surface area contributed by atoms with Gasteiger partial charge in [0.25, 0.3) is 0 Å². The second kappa shape index (κ2) is 4.24. The Balaban J connectivity index is 1.96. The van der Waals surface area contributed by atoms with Gasteiger partial charge in [0.2, 0.25) is 10.0 Å². The third kappa shape index (κ3) is 2.80. The Morgan fingerprint density at radius 1 is 1.47 bits per heavy atom. The first-order valence-electron chi connectivity index (χ1n) is 6.05. The van der Waals surface area contributed by atoms with Gasteiger partial charge in [0.1, 0.15) is 0 Å². The highest BCUT2D eigenvalue weighted by molar-refractivity contribution is 7.89. The molecule has 1 aliphatic heterocycles. The van der Waals surface area contributed by atoms with Crippen molar-refractivity contribution in [2.24, 2.45) is 11.3 Å². The maximum Gasteiger partial charge on any atom is 0.310 e. The zero-order chi connectivity index (χ0) is 12.7. The van der Waals surface area contributed by atoms with Crippen molar-refractivity contribution in [1.82, 2.24) is 4.31 Å². The van der Waals surface area contributed by atoms with Gasteiger partial charge in [-0.2, -0.15) is 0 Å². The van der Waals surface area contributed by atoms with Crippen LogP contribution >= 0.6 is 0 Å². The fourth-order valence-corrected chi connectivity index (χ4v) is 3.92. The Labute approximate surface area is 102 Å². The lowest BCUT2D eigenvalue weighted by atomic mass is 9.90. The van der Waals surface area contributed by atoms with E-state index in [0.717, 1.165) is 19.3 Å². The summed E-state index contributed by atoms with van der Waals surface area (Å²) in [6.07, 6.45) is 3.42. The van der Waals surface area contributed by atoms with Crippen LogP contribution < -0.4 is 0 Å². The number of aliphatic carboxylic acids is 1. The molecule has 1 saturated heterocycles. The lowest BCUT2D eigenvalue weighted by Gasteiger charge is -2.19. The molecule has 1 saturated carbocycles. The number of nitrogens with zero attached hydrogens (tertiary/aromatic N) is 1. The van der Waals surface area contributed by atoms with Crippen LogP contribution in [-0.4, -0.2) is 42.6 Å². The third-order valence-corrected chi connectivity index (χ3v) is 5.68. The first kappa shape index (κ1) is 12.8. The minimum absolute atomic E-state index is 0.120. The van der Waals surface area contributed by atoms with Gasteiger partial charge < -0.3 is 5.11 Å². The van der Waals surface area contributed by atoms with Crippen LogP contribution in [0.4, 0.5) is 0 Å². The van der Waals surface area contributed by atoms with Crippen LogP contribution in [0.15, 0.2) is 0 Å². The molecule has 5 nitrogen and oxygen atoms in total. The highest BCUT2D eigenvalue weighted by Crippen LogP contribution is 2.35. The van der Waals surface area contributed by atoms with Gasteiger partial charge in [-0.25, -0.2) is 12.7 Å². The molecule has 0 spiro atoms. The minimum atomic E-state index is -3.25. The highest BCUT2D eigenvalue weighted by atomic mass is 32.2. The van der Waals surface area contributed by atoms with Crippen LogP contribution in [0.3, 0.4) is 0 Å². The van der Waals surface area contributed by atoms with Gasteiger partial charge in [-0.15, -0.1) is 0 Å². The van der Waals surface area contributed by atoms with E-state index < -0.39 is 21.4 Å². The number of carboxylic acid groups (broad SMARTS) is 1. The lowest BCUT2D eigenvalue weighted by molar-refractivity contribution is -0.146. The SMILES string of the molecule is CC1(C(=O)O)CCN(S(=O)(=O)CCC2CC2)C1. The number of hydrogen-bond acceptors (Lipinski definition) is 3. The van der Waals surface area contributed by atoms with Crippen molar-refractivity contribution in [3.8, 4) is 0 Å². The average molecular weight is 261 g/mol. The second-order valence-electron chi connectivity index (χ2n) is 5.50. The van der Waals surface area contributed by atoms with Gasteiger partial charge >= 0.3 is 5.97 Å². The quantitative estimate of drug-likeness (QED) is 0.798. The Hall–Kier alpha value is -0.620. The van der Waals surface area contributed by atoms with Gasteiger partial charge in [-0.3, -0.25) is 4.79 Å². The Bertz CT molecular complexity index is 415. The van der Waals surface area contributed by atoms with Crippen molar-refractivity contribution in [3.05, 3.63) is 0 Å². The second-order valence-corrected chi connectivity index (χ2v) is 7.59. The summed E-state index contributed by atoms with van der Waals surface area (Å²) in [7, 11) is -3.25. The summed E-state index contributed by atoms with van der Waals surface area (Å²) in [6.45, 7) is 2.08. The standard InChI is InChI=1S/C11H19NO4S/c1-11(10(13)14)5-6-12(8-11)17(15,16)7-4-9-2-3-9/h9H,2-8H2,1H3,(H,13,14). The first-order valence-corrected chi connectivity index (χ1v) is 7.66. The van der Waals surface area contributed by atoms with E-state index >= 15 is 0 Å². The van der Waals surface area contributed by atoms with E-state index in [1.165, 1.54) is 4.31 Å². The van der Waals surface area contributed by atoms with Crippen LogP contribution in [0.1, 0.15) is 32.6 Å². The number of carboxylic acids is 1. The van der Waals surface area contributed by atoms with Crippen molar-refractivity contribution in [2.45, 2.75) is 32.6 Å². The summed E-state index contributed by atoms with van der Waals surface area (Å²) >= 11 is 0. The van der Waals surface area contributed by atoms with E-state index in [9.17, 15) is 13.2 Å². The van der Waals surface area contributed by atoms with E-state index in [1.807, 2.05) is 0 Å². The normalized spacial score (nSPS) is 30.6. The van der Waals surface area contributed by atoms with Crippen LogP contribution in [0.5, 0.6) is 0 Å². The molecule has 6 heteroatoms. The monoisotopic (exact) mass is 261 g/mol.